The highest BCUT2D eigenvalue weighted by atomic mass is 79.9. The van der Waals surface area contributed by atoms with Gasteiger partial charge >= 0.3 is 5.97 Å². The van der Waals surface area contributed by atoms with Crippen LogP contribution >= 0.6 is 27.5 Å². The number of hydrogen-bond acceptors (Lipinski definition) is 5. The Hall–Kier alpha value is -2.23. The molecule has 2 aromatic rings. The second-order valence-corrected chi connectivity index (χ2v) is 5.84. The molecule has 0 saturated carbocycles. The number of esters is 1. The lowest BCUT2D eigenvalue weighted by Gasteiger charge is -2.13. The zero-order chi connectivity index (χ0) is 17.5. The average Bonchev–Trinajstić information content (AvgIpc) is 2.57. The van der Waals surface area contributed by atoms with Crippen LogP contribution in [-0.2, 0) is 4.79 Å². The van der Waals surface area contributed by atoms with Gasteiger partial charge in [-0.15, -0.1) is 0 Å². The van der Waals surface area contributed by atoms with E-state index in [-0.39, 0.29) is 12.4 Å². The SMILES string of the molecule is CCOc1cc(C#N)cc(Br)c1OC(=O)COc1ccc(Cl)cc1. The monoisotopic (exact) mass is 409 g/mol. The van der Waals surface area contributed by atoms with Gasteiger partial charge in [0.15, 0.2) is 18.1 Å². The maximum absolute atomic E-state index is 12.0. The van der Waals surface area contributed by atoms with E-state index in [0.29, 0.717) is 33.2 Å². The van der Waals surface area contributed by atoms with Crippen LogP contribution < -0.4 is 14.2 Å². The van der Waals surface area contributed by atoms with Crippen molar-refractivity contribution in [2.45, 2.75) is 6.92 Å². The number of halogens is 2. The first-order chi connectivity index (χ1) is 11.5. The molecule has 0 spiro atoms. The molecular weight excluding hydrogens is 398 g/mol. The van der Waals surface area contributed by atoms with Crippen LogP contribution in [0, 0.1) is 11.3 Å². The zero-order valence-electron chi connectivity index (χ0n) is 12.7. The molecule has 24 heavy (non-hydrogen) atoms. The van der Waals surface area contributed by atoms with Crippen molar-refractivity contribution in [3.8, 4) is 23.3 Å². The van der Waals surface area contributed by atoms with E-state index in [1.165, 1.54) is 6.07 Å². The van der Waals surface area contributed by atoms with Gasteiger partial charge in [-0.1, -0.05) is 11.6 Å². The third-order valence-electron chi connectivity index (χ3n) is 2.82. The molecule has 0 fully saturated rings. The number of rotatable bonds is 6. The molecular formula is C17H13BrClNO4. The van der Waals surface area contributed by atoms with Gasteiger partial charge in [-0.25, -0.2) is 4.79 Å². The van der Waals surface area contributed by atoms with Crippen molar-refractivity contribution in [1.82, 2.24) is 0 Å². The van der Waals surface area contributed by atoms with Crippen molar-refractivity contribution in [3.05, 3.63) is 51.5 Å². The Balaban J connectivity index is 2.07. The van der Waals surface area contributed by atoms with Crippen molar-refractivity contribution in [1.29, 1.82) is 5.26 Å². The molecule has 0 aliphatic heterocycles. The van der Waals surface area contributed by atoms with E-state index in [1.54, 1.807) is 37.3 Å². The van der Waals surface area contributed by atoms with Crippen LogP contribution in [0.4, 0.5) is 0 Å². The van der Waals surface area contributed by atoms with Crippen LogP contribution in [0.2, 0.25) is 5.02 Å². The summed E-state index contributed by atoms with van der Waals surface area (Å²) in [4.78, 5) is 12.0. The molecule has 2 rings (SSSR count). The number of ether oxygens (including phenoxy) is 3. The lowest BCUT2D eigenvalue weighted by Crippen LogP contribution is -2.18. The molecule has 2 aromatic carbocycles. The summed E-state index contributed by atoms with van der Waals surface area (Å²) in [7, 11) is 0. The minimum atomic E-state index is -0.601. The topological polar surface area (TPSA) is 68.5 Å². The van der Waals surface area contributed by atoms with Gasteiger partial charge in [0.25, 0.3) is 0 Å². The summed E-state index contributed by atoms with van der Waals surface area (Å²) in [6, 6.07) is 11.7. The van der Waals surface area contributed by atoms with Crippen LogP contribution in [0.3, 0.4) is 0 Å². The van der Waals surface area contributed by atoms with Crippen molar-refractivity contribution in [2.24, 2.45) is 0 Å². The van der Waals surface area contributed by atoms with Crippen molar-refractivity contribution >= 4 is 33.5 Å². The number of carbonyl (C=O) groups excluding carboxylic acids is 1. The largest absolute Gasteiger partial charge is 0.490 e. The lowest BCUT2D eigenvalue weighted by molar-refractivity contribution is -0.136. The van der Waals surface area contributed by atoms with Gasteiger partial charge in [0.2, 0.25) is 0 Å². The number of nitriles is 1. The van der Waals surface area contributed by atoms with E-state index >= 15 is 0 Å². The predicted molar refractivity (Wildman–Crippen MR) is 92.6 cm³/mol. The second-order valence-electron chi connectivity index (χ2n) is 4.55. The zero-order valence-corrected chi connectivity index (χ0v) is 15.1. The third kappa shape index (κ3) is 4.88. The van der Waals surface area contributed by atoms with Crippen LogP contribution in [0.1, 0.15) is 12.5 Å². The van der Waals surface area contributed by atoms with Gasteiger partial charge in [0.1, 0.15) is 5.75 Å². The number of hydrogen-bond donors (Lipinski definition) is 0. The second kappa shape index (κ2) is 8.57. The Morgan fingerprint density at radius 2 is 1.96 bits per heavy atom. The molecule has 0 amide bonds. The molecule has 0 N–H and O–H groups in total. The first-order valence-electron chi connectivity index (χ1n) is 6.99. The fourth-order valence-electron chi connectivity index (χ4n) is 1.81. The number of carbonyl (C=O) groups is 1. The molecule has 0 atom stereocenters. The minimum absolute atomic E-state index is 0.209. The first kappa shape index (κ1) is 18.1. The number of benzene rings is 2. The maximum atomic E-state index is 12.0. The summed E-state index contributed by atoms with van der Waals surface area (Å²) in [5.74, 6) is 0.417. The Labute approximate surface area is 152 Å². The fraction of sp³-hybridized carbons (Fsp3) is 0.176. The Kier molecular flexibility index (Phi) is 6.47. The van der Waals surface area contributed by atoms with Gasteiger partial charge < -0.3 is 14.2 Å². The van der Waals surface area contributed by atoms with Crippen LogP contribution in [0.5, 0.6) is 17.2 Å². The van der Waals surface area contributed by atoms with E-state index in [2.05, 4.69) is 15.9 Å². The van der Waals surface area contributed by atoms with E-state index in [1.807, 2.05) is 6.07 Å². The summed E-state index contributed by atoms with van der Waals surface area (Å²) in [5.41, 5.74) is 0.391. The molecule has 0 aliphatic rings. The average molecular weight is 411 g/mol. The summed E-state index contributed by atoms with van der Waals surface area (Å²) in [5, 5.41) is 9.57. The van der Waals surface area contributed by atoms with E-state index in [4.69, 9.17) is 31.1 Å². The maximum Gasteiger partial charge on any atom is 0.349 e. The van der Waals surface area contributed by atoms with Gasteiger partial charge in [0.05, 0.1) is 22.7 Å². The van der Waals surface area contributed by atoms with Crippen molar-refractivity contribution in [3.63, 3.8) is 0 Å². The van der Waals surface area contributed by atoms with Crippen molar-refractivity contribution < 1.29 is 19.0 Å². The highest BCUT2D eigenvalue weighted by Crippen LogP contribution is 2.37. The fourth-order valence-corrected chi connectivity index (χ4v) is 2.46. The summed E-state index contributed by atoms with van der Waals surface area (Å²) < 4.78 is 16.5. The van der Waals surface area contributed by atoms with E-state index in [0.717, 1.165) is 0 Å². The van der Waals surface area contributed by atoms with E-state index < -0.39 is 5.97 Å². The minimum Gasteiger partial charge on any atom is -0.490 e. The molecule has 0 aliphatic carbocycles. The highest BCUT2D eigenvalue weighted by Gasteiger charge is 2.16. The van der Waals surface area contributed by atoms with Gasteiger partial charge in [-0.2, -0.15) is 5.26 Å². The molecule has 0 radical (unpaired) electrons. The normalized spacial score (nSPS) is 9.92. The molecule has 124 valence electrons. The Bertz CT molecular complexity index is 771. The summed E-state index contributed by atoms with van der Waals surface area (Å²) in [6.07, 6.45) is 0. The summed E-state index contributed by atoms with van der Waals surface area (Å²) in [6.45, 7) is 1.88. The summed E-state index contributed by atoms with van der Waals surface area (Å²) >= 11 is 9.06. The van der Waals surface area contributed by atoms with E-state index in [9.17, 15) is 4.79 Å². The lowest BCUT2D eigenvalue weighted by atomic mass is 10.2. The van der Waals surface area contributed by atoms with Gasteiger partial charge in [-0.3, -0.25) is 0 Å². The highest BCUT2D eigenvalue weighted by molar-refractivity contribution is 9.10. The molecule has 0 bridgehead atoms. The van der Waals surface area contributed by atoms with Crippen LogP contribution in [-0.4, -0.2) is 19.2 Å². The molecule has 0 aromatic heterocycles. The first-order valence-corrected chi connectivity index (χ1v) is 8.16. The van der Waals surface area contributed by atoms with Gasteiger partial charge in [-0.05, 0) is 53.2 Å². The van der Waals surface area contributed by atoms with Crippen LogP contribution in [0.15, 0.2) is 40.9 Å². The molecule has 0 unspecified atom stereocenters. The Morgan fingerprint density at radius 3 is 2.58 bits per heavy atom. The van der Waals surface area contributed by atoms with Crippen molar-refractivity contribution in [2.75, 3.05) is 13.2 Å². The standard InChI is InChI=1S/C17H13BrClNO4/c1-2-22-15-8-11(9-20)7-14(18)17(15)24-16(21)10-23-13-5-3-12(19)4-6-13/h3-8H,2,10H2,1H3. The predicted octanol–water partition coefficient (Wildman–Crippen LogP) is 4.36. The van der Waals surface area contributed by atoms with Crippen LogP contribution in [0.25, 0.3) is 0 Å². The number of nitrogens with zero attached hydrogens (tertiary/aromatic N) is 1. The quantitative estimate of drug-likeness (QED) is 0.523. The smallest absolute Gasteiger partial charge is 0.349 e. The molecule has 5 nitrogen and oxygen atoms in total. The molecule has 0 heterocycles. The van der Waals surface area contributed by atoms with Gasteiger partial charge in [0, 0.05) is 11.1 Å². The Morgan fingerprint density at radius 1 is 1.25 bits per heavy atom. The third-order valence-corrected chi connectivity index (χ3v) is 3.67. The molecule has 0 saturated heterocycles. The molecule has 7 heteroatoms.